The maximum absolute atomic E-state index is 6.54. The van der Waals surface area contributed by atoms with Gasteiger partial charge in [-0.1, -0.05) is 26.7 Å². The SMILES string of the molecule is Cc1nn(C)c(CC(N)C2CCCCC2(C)C)c1Br. The van der Waals surface area contributed by atoms with Crippen LogP contribution in [0.25, 0.3) is 0 Å². The van der Waals surface area contributed by atoms with Crippen LogP contribution < -0.4 is 5.73 Å². The average molecular weight is 328 g/mol. The van der Waals surface area contributed by atoms with Crippen molar-refractivity contribution in [2.75, 3.05) is 0 Å². The summed E-state index contributed by atoms with van der Waals surface area (Å²) >= 11 is 3.64. The van der Waals surface area contributed by atoms with Crippen LogP contribution in [0.1, 0.15) is 50.9 Å². The summed E-state index contributed by atoms with van der Waals surface area (Å²) in [6, 6.07) is 0.224. The lowest BCUT2D eigenvalue weighted by atomic mass is 9.65. The van der Waals surface area contributed by atoms with E-state index in [1.54, 1.807) is 0 Å². The van der Waals surface area contributed by atoms with E-state index in [0.29, 0.717) is 11.3 Å². The molecule has 1 saturated carbocycles. The summed E-state index contributed by atoms with van der Waals surface area (Å²) in [4.78, 5) is 0. The van der Waals surface area contributed by atoms with Gasteiger partial charge < -0.3 is 5.73 Å². The van der Waals surface area contributed by atoms with Gasteiger partial charge >= 0.3 is 0 Å². The Labute approximate surface area is 125 Å². The highest BCUT2D eigenvalue weighted by molar-refractivity contribution is 9.10. The first-order valence-corrected chi connectivity index (χ1v) is 8.06. The summed E-state index contributed by atoms with van der Waals surface area (Å²) in [5.74, 6) is 0.614. The van der Waals surface area contributed by atoms with E-state index in [2.05, 4.69) is 34.9 Å². The van der Waals surface area contributed by atoms with E-state index in [1.165, 1.54) is 31.4 Å². The predicted molar refractivity (Wildman–Crippen MR) is 83.1 cm³/mol. The minimum absolute atomic E-state index is 0.224. The Morgan fingerprint density at radius 1 is 1.47 bits per heavy atom. The molecule has 1 aliphatic rings. The van der Waals surface area contributed by atoms with Crippen molar-refractivity contribution in [3.05, 3.63) is 15.9 Å². The third-order valence-corrected chi connectivity index (χ3v) is 5.83. The molecule has 0 saturated heterocycles. The molecule has 1 aromatic heterocycles. The molecule has 1 heterocycles. The van der Waals surface area contributed by atoms with Gasteiger partial charge in [-0.25, -0.2) is 0 Å². The fourth-order valence-corrected chi connectivity index (χ4v) is 4.08. The zero-order chi connectivity index (χ0) is 14.2. The lowest BCUT2D eigenvalue weighted by Crippen LogP contribution is -2.43. The van der Waals surface area contributed by atoms with E-state index in [0.717, 1.165) is 16.6 Å². The second-order valence-corrected chi connectivity index (χ2v) is 7.47. The van der Waals surface area contributed by atoms with E-state index < -0.39 is 0 Å². The monoisotopic (exact) mass is 327 g/mol. The molecule has 19 heavy (non-hydrogen) atoms. The van der Waals surface area contributed by atoms with Gasteiger partial charge in [-0.15, -0.1) is 0 Å². The Kier molecular flexibility index (Phi) is 4.41. The maximum Gasteiger partial charge on any atom is 0.0738 e. The van der Waals surface area contributed by atoms with Crippen LogP contribution in [0, 0.1) is 18.3 Å². The highest BCUT2D eigenvalue weighted by Gasteiger charge is 2.36. The summed E-state index contributed by atoms with van der Waals surface area (Å²) < 4.78 is 3.09. The van der Waals surface area contributed by atoms with Crippen LogP contribution >= 0.6 is 15.9 Å². The van der Waals surface area contributed by atoms with Crippen molar-refractivity contribution in [3.63, 3.8) is 0 Å². The molecule has 2 unspecified atom stereocenters. The van der Waals surface area contributed by atoms with E-state index in [-0.39, 0.29) is 6.04 Å². The first-order chi connectivity index (χ1) is 8.83. The zero-order valence-corrected chi connectivity index (χ0v) is 14.1. The number of aromatic nitrogens is 2. The fraction of sp³-hybridized carbons (Fsp3) is 0.800. The molecule has 1 aliphatic carbocycles. The molecule has 2 atom stereocenters. The summed E-state index contributed by atoms with van der Waals surface area (Å²) in [5, 5.41) is 4.46. The topological polar surface area (TPSA) is 43.8 Å². The normalized spacial score (nSPS) is 24.4. The molecule has 0 amide bonds. The maximum atomic E-state index is 6.54. The minimum Gasteiger partial charge on any atom is -0.327 e. The van der Waals surface area contributed by atoms with Crippen LogP contribution in [-0.4, -0.2) is 15.8 Å². The second-order valence-electron chi connectivity index (χ2n) is 6.68. The summed E-state index contributed by atoms with van der Waals surface area (Å²) in [6.07, 6.45) is 6.16. The molecule has 0 spiro atoms. The molecular weight excluding hydrogens is 302 g/mol. The fourth-order valence-electron chi connectivity index (χ4n) is 3.58. The highest BCUT2D eigenvalue weighted by atomic mass is 79.9. The Morgan fingerprint density at radius 3 is 2.68 bits per heavy atom. The van der Waals surface area contributed by atoms with Gasteiger partial charge in [-0.2, -0.15) is 5.10 Å². The molecule has 4 heteroatoms. The molecule has 2 N–H and O–H groups in total. The largest absolute Gasteiger partial charge is 0.327 e. The lowest BCUT2D eigenvalue weighted by Gasteiger charge is -2.42. The lowest BCUT2D eigenvalue weighted by molar-refractivity contribution is 0.112. The van der Waals surface area contributed by atoms with E-state index in [4.69, 9.17) is 5.73 Å². The van der Waals surface area contributed by atoms with Crippen LogP contribution in [0.5, 0.6) is 0 Å². The third-order valence-electron chi connectivity index (χ3n) is 4.80. The zero-order valence-electron chi connectivity index (χ0n) is 12.5. The number of nitrogens with zero attached hydrogens (tertiary/aromatic N) is 2. The van der Waals surface area contributed by atoms with Crippen molar-refractivity contribution in [3.8, 4) is 0 Å². The van der Waals surface area contributed by atoms with Gasteiger partial charge in [0.25, 0.3) is 0 Å². The number of hydrogen-bond acceptors (Lipinski definition) is 2. The Balaban J connectivity index is 2.14. The molecule has 3 nitrogen and oxygen atoms in total. The first kappa shape index (κ1) is 15.0. The Morgan fingerprint density at radius 2 is 2.16 bits per heavy atom. The van der Waals surface area contributed by atoms with Crippen molar-refractivity contribution in [1.29, 1.82) is 0 Å². The van der Waals surface area contributed by atoms with E-state index in [9.17, 15) is 0 Å². The molecule has 2 rings (SSSR count). The molecule has 1 aromatic rings. The van der Waals surface area contributed by atoms with E-state index in [1.807, 2.05) is 18.7 Å². The van der Waals surface area contributed by atoms with Crippen LogP contribution in [0.15, 0.2) is 4.47 Å². The second kappa shape index (κ2) is 5.57. The average Bonchev–Trinajstić information content (AvgIpc) is 2.55. The van der Waals surface area contributed by atoms with E-state index >= 15 is 0 Å². The minimum atomic E-state index is 0.224. The smallest absolute Gasteiger partial charge is 0.0738 e. The molecule has 0 aliphatic heterocycles. The highest BCUT2D eigenvalue weighted by Crippen LogP contribution is 2.42. The number of halogens is 1. The van der Waals surface area contributed by atoms with Crippen molar-refractivity contribution in [1.82, 2.24) is 9.78 Å². The third kappa shape index (κ3) is 3.05. The summed E-state index contributed by atoms with van der Waals surface area (Å²) in [7, 11) is 2.01. The van der Waals surface area contributed by atoms with Crippen LogP contribution in [0.2, 0.25) is 0 Å². The molecule has 0 radical (unpaired) electrons. The van der Waals surface area contributed by atoms with Gasteiger partial charge in [0.15, 0.2) is 0 Å². The number of hydrogen-bond donors (Lipinski definition) is 1. The number of nitrogens with two attached hydrogens (primary N) is 1. The summed E-state index contributed by atoms with van der Waals surface area (Å²) in [6.45, 7) is 6.78. The number of rotatable bonds is 3. The van der Waals surface area contributed by atoms with Crippen molar-refractivity contribution in [2.24, 2.45) is 24.1 Å². The Bertz CT molecular complexity index is 450. The van der Waals surface area contributed by atoms with Crippen molar-refractivity contribution < 1.29 is 0 Å². The van der Waals surface area contributed by atoms with Crippen LogP contribution in [0.4, 0.5) is 0 Å². The van der Waals surface area contributed by atoms with Crippen molar-refractivity contribution in [2.45, 2.75) is 58.9 Å². The van der Waals surface area contributed by atoms with Gasteiger partial charge in [0, 0.05) is 19.5 Å². The van der Waals surface area contributed by atoms with Gasteiger partial charge in [0.2, 0.25) is 0 Å². The Hall–Kier alpha value is -0.350. The summed E-state index contributed by atoms with van der Waals surface area (Å²) in [5.41, 5.74) is 9.19. The quantitative estimate of drug-likeness (QED) is 0.922. The standard InChI is InChI=1S/C15H26BrN3/c1-10-14(16)13(19(4)18-10)9-12(17)11-7-5-6-8-15(11,2)3/h11-12H,5-9,17H2,1-4H3. The molecular formula is C15H26BrN3. The van der Waals surface area contributed by atoms with Crippen molar-refractivity contribution >= 4 is 15.9 Å². The van der Waals surface area contributed by atoms with Crippen LogP contribution in [0.3, 0.4) is 0 Å². The molecule has 0 bridgehead atoms. The van der Waals surface area contributed by atoms with Gasteiger partial charge in [-0.3, -0.25) is 4.68 Å². The predicted octanol–water partition coefficient (Wildman–Crippen LogP) is 3.58. The molecule has 108 valence electrons. The molecule has 0 aromatic carbocycles. The van der Waals surface area contributed by atoms with Gasteiger partial charge in [0.1, 0.15) is 0 Å². The van der Waals surface area contributed by atoms with Gasteiger partial charge in [-0.05, 0) is 47.0 Å². The van der Waals surface area contributed by atoms with Crippen LogP contribution in [-0.2, 0) is 13.5 Å². The van der Waals surface area contributed by atoms with Gasteiger partial charge in [0.05, 0.1) is 15.9 Å². The first-order valence-electron chi connectivity index (χ1n) is 7.26. The molecule has 1 fully saturated rings. The number of aryl methyl sites for hydroxylation is 2.